The smallest absolute Gasteiger partial charge is 0.409 e. The molecule has 1 aliphatic heterocycles. The topological polar surface area (TPSA) is 53.3 Å². The lowest BCUT2D eigenvalue weighted by Gasteiger charge is -2.26. The number of nitriles is 1. The Hall–Kier alpha value is -1.24. The van der Waals surface area contributed by atoms with E-state index in [-0.39, 0.29) is 12.0 Å². The first kappa shape index (κ1) is 8.85. The summed E-state index contributed by atoms with van der Waals surface area (Å²) >= 11 is 0. The van der Waals surface area contributed by atoms with Gasteiger partial charge in [0.05, 0.1) is 18.6 Å². The molecule has 4 heteroatoms. The van der Waals surface area contributed by atoms with E-state index in [1.807, 2.05) is 0 Å². The van der Waals surface area contributed by atoms with Gasteiger partial charge in [-0.3, -0.25) is 0 Å². The Morgan fingerprint density at radius 3 is 3.17 bits per heavy atom. The fourth-order valence-corrected chi connectivity index (χ4v) is 1.13. The van der Waals surface area contributed by atoms with Gasteiger partial charge in [0.15, 0.2) is 0 Å². The summed E-state index contributed by atoms with van der Waals surface area (Å²) in [5, 5.41) is 8.52. The maximum absolute atomic E-state index is 11.0. The van der Waals surface area contributed by atoms with Crippen LogP contribution in [0.1, 0.15) is 13.3 Å². The van der Waals surface area contributed by atoms with Crippen molar-refractivity contribution in [3.63, 3.8) is 0 Å². The normalized spacial score (nSPS) is 19.7. The van der Waals surface area contributed by atoms with Crippen LogP contribution in [0.15, 0.2) is 0 Å². The molecule has 66 valence electrons. The maximum atomic E-state index is 11.0. The minimum atomic E-state index is -0.289. The molecular formula is C8H12N2O2. The van der Waals surface area contributed by atoms with E-state index < -0.39 is 0 Å². The van der Waals surface area contributed by atoms with Crippen LogP contribution in [0.5, 0.6) is 0 Å². The van der Waals surface area contributed by atoms with Gasteiger partial charge in [0.2, 0.25) is 0 Å². The fourth-order valence-electron chi connectivity index (χ4n) is 1.13. The van der Waals surface area contributed by atoms with Gasteiger partial charge in [0.25, 0.3) is 0 Å². The van der Waals surface area contributed by atoms with E-state index in [1.54, 1.807) is 11.8 Å². The molecule has 1 heterocycles. The van der Waals surface area contributed by atoms with Gasteiger partial charge in [0, 0.05) is 13.1 Å². The molecule has 0 aromatic carbocycles. The molecule has 0 N–H and O–H groups in total. The van der Waals surface area contributed by atoms with Crippen LogP contribution in [0, 0.1) is 17.2 Å². The lowest BCUT2D eigenvalue weighted by atomic mass is 10.2. The van der Waals surface area contributed by atoms with Crippen molar-refractivity contribution in [2.45, 2.75) is 13.3 Å². The van der Waals surface area contributed by atoms with Crippen molar-refractivity contribution in [3.05, 3.63) is 0 Å². The highest BCUT2D eigenvalue weighted by atomic mass is 16.6. The predicted molar refractivity (Wildman–Crippen MR) is 42.3 cm³/mol. The molecule has 1 unspecified atom stereocenters. The number of hydrogen-bond acceptors (Lipinski definition) is 3. The lowest BCUT2D eigenvalue weighted by Crippen LogP contribution is -2.40. The Bertz CT molecular complexity index is 210. The summed E-state index contributed by atoms with van der Waals surface area (Å²) < 4.78 is 4.81. The molecule has 0 spiro atoms. The molecule has 0 aromatic heterocycles. The largest absolute Gasteiger partial charge is 0.449 e. The number of carbonyl (C=O) groups is 1. The molecule has 12 heavy (non-hydrogen) atoms. The standard InChI is InChI=1S/C8H12N2O2/c1-7(5-9)6-10-3-2-4-12-8(10)11/h7H,2-4,6H2,1H3. The second-order valence-electron chi connectivity index (χ2n) is 2.94. The van der Waals surface area contributed by atoms with Crippen LogP contribution in [0.4, 0.5) is 4.79 Å². The minimum Gasteiger partial charge on any atom is -0.449 e. The zero-order valence-corrected chi connectivity index (χ0v) is 7.12. The third kappa shape index (κ3) is 2.12. The first-order valence-electron chi connectivity index (χ1n) is 4.05. The van der Waals surface area contributed by atoms with E-state index in [0.717, 1.165) is 6.42 Å². The number of ether oxygens (including phenoxy) is 1. The highest BCUT2D eigenvalue weighted by molar-refractivity contribution is 5.68. The van der Waals surface area contributed by atoms with Crippen LogP contribution in [-0.2, 0) is 4.74 Å². The molecule has 1 amide bonds. The highest BCUT2D eigenvalue weighted by Crippen LogP contribution is 2.07. The molecule has 0 radical (unpaired) electrons. The second kappa shape index (κ2) is 3.96. The van der Waals surface area contributed by atoms with Gasteiger partial charge in [-0.05, 0) is 13.3 Å². The van der Waals surface area contributed by atoms with Crippen LogP contribution >= 0.6 is 0 Å². The number of hydrogen-bond donors (Lipinski definition) is 0. The van der Waals surface area contributed by atoms with Crippen molar-refractivity contribution in [3.8, 4) is 6.07 Å². The Labute approximate surface area is 71.7 Å². The van der Waals surface area contributed by atoms with Crippen LogP contribution in [0.25, 0.3) is 0 Å². The average Bonchev–Trinajstić information content (AvgIpc) is 2.09. The number of cyclic esters (lactones) is 1. The summed E-state index contributed by atoms with van der Waals surface area (Å²) in [6.45, 7) is 3.50. The summed E-state index contributed by atoms with van der Waals surface area (Å²) in [7, 11) is 0. The molecule has 1 atom stereocenters. The predicted octanol–water partition coefficient (Wildman–Crippen LogP) is 0.988. The maximum Gasteiger partial charge on any atom is 0.409 e. The molecule has 0 bridgehead atoms. The van der Waals surface area contributed by atoms with Gasteiger partial charge in [0.1, 0.15) is 0 Å². The molecular weight excluding hydrogens is 156 g/mol. The Morgan fingerprint density at radius 1 is 1.83 bits per heavy atom. The van der Waals surface area contributed by atoms with Crippen molar-refractivity contribution < 1.29 is 9.53 Å². The van der Waals surface area contributed by atoms with Crippen LogP contribution in [-0.4, -0.2) is 30.7 Å². The Kier molecular flexibility index (Phi) is 2.92. The van der Waals surface area contributed by atoms with Crippen LogP contribution in [0.3, 0.4) is 0 Å². The van der Waals surface area contributed by atoms with Crippen molar-refractivity contribution in [1.82, 2.24) is 4.90 Å². The first-order valence-corrected chi connectivity index (χ1v) is 4.05. The average molecular weight is 168 g/mol. The van der Waals surface area contributed by atoms with E-state index in [4.69, 9.17) is 10.00 Å². The van der Waals surface area contributed by atoms with Crippen LogP contribution in [0.2, 0.25) is 0 Å². The van der Waals surface area contributed by atoms with Crippen molar-refractivity contribution in [2.75, 3.05) is 19.7 Å². The van der Waals surface area contributed by atoms with Gasteiger partial charge in [-0.25, -0.2) is 4.79 Å². The van der Waals surface area contributed by atoms with Gasteiger partial charge < -0.3 is 9.64 Å². The van der Waals surface area contributed by atoms with Crippen molar-refractivity contribution >= 4 is 6.09 Å². The number of amides is 1. The third-order valence-corrected chi connectivity index (χ3v) is 1.77. The molecule has 1 saturated heterocycles. The molecule has 0 aliphatic carbocycles. The van der Waals surface area contributed by atoms with Gasteiger partial charge in [-0.15, -0.1) is 0 Å². The first-order chi connectivity index (χ1) is 5.74. The van der Waals surface area contributed by atoms with Gasteiger partial charge >= 0.3 is 6.09 Å². The second-order valence-corrected chi connectivity index (χ2v) is 2.94. The summed E-state index contributed by atoms with van der Waals surface area (Å²) in [6.07, 6.45) is 0.576. The van der Waals surface area contributed by atoms with Gasteiger partial charge in [-0.2, -0.15) is 5.26 Å². The van der Waals surface area contributed by atoms with Crippen molar-refractivity contribution in [1.29, 1.82) is 5.26 Å². The third-order valence-electron chi connectivity index (χ3n) is 1.77. The highest BCUT2D eigenvalue weighted by Gasteiger charge is 2.20. The Morgan fingerprint density at radius 2 is 2.58 bits per heavy atom. The van der Waals surface area contributed by atoms with E-state index in [2.05, 4.69) is 6.07 Å². The van der Waals surface area contributed by atoms with E-state index >= 15 is 0 Å². The van der Waals surface area contributed by atoms with Crippen molar-refractivity contribution in [2.24, 2.45) is 5.92 Å². The van der Waals surface area contributed by atoms with E-state index in [1.165, 1.54) is 0 Å². The number of nitrogens with zero attached hydrogens (tertiary/aromatic N) is 2. The molecule has 1 rings (SSSR count). The summed E-state index contributed by atoms with van der Waals surface area (Å²) in [4.78, 5) is 12.6. The zero-order valence-electron chi connectivity index (χ0n) is 7.12. The number of carbonyl (C=O) groups excluding carboxylic acids is 1. The molecule has 1 fully saturated rings. The lowest BCUT2D eigenvalue weighted by molar-refractivity contribution is 0.0701. The Balaban J connectivity index is 2.40. The minimum absolute atomic E-state index is 0.115. The molecule has 0 saturated carbocycles. The summed E-state index contributed by atoms with van der Waals surface area (Å²) in [5.74, 6) is -0.115. The molecule has 4 nitrogen and oxygen atoms in total. The quantitative estimate of drug-likeness (QED) is 0.617. The SMILES string of the molecule is CC(C#N)CN1CCCOC1=O. The zero-order chi connectivity index (χ0) is 8.97. The summed E-state index contributed by atoms with van der Waals surface area (Å²) in [5.41, 5.74) is 0. The summed E-state index contributed by atoms with van der Waals surface area (Å²) in [6, 6.07) is 2.08. The van der Waals surface area contributed by atoms with Gasteiger partial charge in [-0.1, -0.05) is 0 Å². The fraction of sp³-hybridized carbons (Fsp3) is 0.750. The van der Waals surface area contributed by atoms with E-state index in [0.29, 0.717) is 19.7 Å². The van der Waals surface area contributed by atoms with E-state index in [9.17, 15) is 4.79 Å². The monoisotopic (exact) mass is 168 g/mol. The molecule has 1 aliphatic rings. The molecule has 0 aromatic rings. The number of rotatable bonds is 2. The van der Waals surface area contributed by atoms with Crippen LogP contribution < -0.4 is 0 Å².